The SMILES string of the molecule is CCCCS(=O)c1ccc(Cl)cc1. The van der Waals surface area contributed by atoms with Gasteiger partial charge in [0.1, 0.15) is 0 Å². The smallest absolute Gasteiger partial charge is 0.0529 e. The lowest BCUT2D eigenvalue weighted by molar-refractivity contribution is 0.679. The quantitative estimate of drug-likeness (QED) is 0.755. The van der Waals surface area contributed by atoms with Crippen molar-refractivity contribution in [1.29, 1.82) is 0 Å². The zero-order valence-corrected chi connectivity index (χ0v) is 9.20. The van der Waals surface area contributed by atoms with Gasteiger partial charge in [0.05, 0.1) is 10.8 Å². The number of benzene rings is 1. The highest BCUT2D eigenvalue weighted by Crippen LogP contribution is 2.13. The Morgan fingerprint density at radius 2 is 1.92 bits per heavy atom. The zero-order valence-electron chi connectivity index (χ0n) is 7.63. The van der Waals surface area contributed by atoms with Crippen molar-refractivity contribution in [2.45, 2.75) is 24.7 Å². The maximum Gasteiger partial charge on any atom is 0.0529 e. The summed E-state index contributed by atoms with van der Waals surface area (Å²) in [4.78, 5) is 0.873. The predicted octanol–water partition coefficient (Wildman–Crippen LogP) is 3.25. The second-order valence-corrected chi connectivity index (χ2v) is 4.86. The number of unbranched alkanes of at least 4 members (excludes halogenated alkanes) is 1. The molecule has 0 aliphatic carbocycles. The summed E-state index contributed by atoms with van der Waals surface area (Å²) in [6.45, 7) is 2.10. The van der Waals surface area contributed by atoms with E-state index in [9.17, 15) is 4.21 Å². The molecule has 0 aliphatic rings. The molecule has 72 valence electrons. The fraction of sp³-hybridized carbons (Fsp3) is 0.400. The highest BCUT2D eigenvalue weighted by Gasteiger charge is 2.01. The van der Waals surface area contributed by atoms with Crippen LogP contribution in [0.15, 0.2) is 29.2 Å². The van der Waals surface area contributed by atoms with Crippen LogP contribution in [0.5, 0.6) is 0 Å². The molecular formula is C10H13ClOS. The summed E-state index contributed by atoms with van der Waals surface area (Å²) >= 11 is 5.72. The van der Waals surface area contributed by atoms with Gasteiger partial charge in [-0.2, -0.15) is 0 Å². The Hall–Kier alpha value is -0.340. The average Bonchev–Trinajstić information content (AvgIpc) is 2.15. The Morgan fingerprint density at radius 1 is 1.31 bits per heavy atom. The lowest BCUT2D eigenvalue weighted by Crippen LogP contribution is -1.96. The molecule has 0 spiro atoms. The van der Waals surface area contributed by atoms with Crippen molar-refractivity contribution >= 4 is 22.4 Å². The number of hydrogen-bond donors (Lipinski definition) is 0. The first-order chi connectivity index (χ1) is 6.24. The Balaban J connectivity index is 2.61. The van der Waals surface area contributed by atoms with Crippen molar-refractivity contribution in [3.8, 4) is 0 Å². The molecule has 0 bridgehead atoms. The molecule has 1 unspecified atom stereocenters. The highest BCUT2D eigenvalue weighted by atomic mass is 35.5. The van der Waals surface area contributed by atoms with Gasteiger partial charge in [-0.3, -0.25) is 4.21 Å². The van der Waals surface area contributed by atoms with E-state index in [0.29, 0.717) is 5.02 Å². The van der Waals surface area contributed by atoms with E-state index in [1.54, 1.807) is 12.1 Å². The molecule has 0 fully saturated rings. The van der Waals surface area contributed by atoms with Crippen LogP contribution in [-0.2, 0) is 10.8 Å². The van der Waals surface area contributed by atoms with E-state index in [-0.39, 0.29) is 0 Å². The van der Waals surface area contributed by atoms with Crippen molar-refractivity contribution in [3.05, 3.63) is 29.3 Å². The molecule has 13 heavy (non-hydrogen) atoms. The van der Waals surface area contributed by atoms with Gasteiger partial charge < -0.3 is 0 Å². The lowest BCUT2D eigenvalue weighted by atomic mass is 10.4. The molecular weight excluding hydrogens is 204 g/mol. The van der Waals surface area contributed by atoms with Crippen LogP contribution in [0, 0.1) is 0 Å². The Bertz CT molecular complexity index is 281. The fourth-order valence-corrected chi connectivity index (χ4v) is 2.33. The van der Waals surface area contributed by atoms with Crippen molar-refractivity contribution in [2.75, 3.05) is 5.75 Å². The summed E-state index contributed by atoms with van der Waals surface area (Å²) in [5, 5.41) is 0.691. The van der Waals surface area contributed by atoms with Gasteiger partial charge in [0.15, 0.2) is 0 Å². The normalized spacial score (nSPS) is 12.8. The van der Waals surface area contributed by atoms with Crippen LogP contribution in [0.25, 0.3) is 0 Å². The maximum atomic E-state index is 11.6. The van der Waals surface area contributed by atoms with Gasteiger partial charge in [-0.05, 0) is 30.7 Å². The summed E-state index contributed by atoms with van der Waals surface area (Å²) in [5.41, 5.74) is 0. The van der Waals surface area contributed by atoms with E-state index in [1.807, 2.05) is 12.1 Å². The first-order valence-electron chi connectivity index (χ1n) is 4.38. The Morgan fingerprint density at radius 3 is 2.46 bits per heavy atom. The summed E-state index contributed by atoms with van der Waals surface area (Å²) in [6, 6.07) is 7.21. The van der Waals surface area contributed by atoms with Crippen molar-refractivity contribution in [3.63, 3.8) is 0 Å². The minimum Gasteiger partial charge on any atom is -0.254 e. The van der Waals surface area contributed by atoms with Crippen LogP contribution >= 0.6 is 11.6 Å². The second kappa shape index (κ2) is 5.40. The van der Waals surface area contributed by atoms with E-state index in [0.717, 1.165) is 23.5 Å². The molecule has 1 aromatic carbocycles. The summed E-state index contributed by atoms with van der Waals surface area (Å²) in [5.74, 6) is 0.748. The molecule has 0 heterocycles. The summed E-state index contributed by atoms with van der Waals surface area (Å²) in [7, 11) is -0.850. The predicted molar refractivity (Wildman–Crippen MR) is 57.6 cm³/mol. The zero-order chi connectivity index (χ0) is 9.68. The van der Waals surface area contributed by atoms with Gasteiger partial charge in [0, 0.05) is 15.7 Å². The van der Waals surface area contributed by atoms with Gasteiger partial charge in [0.2, 0.25) is 0 Å². The van der Waals surface area contributed by atoms with E-state index < -0.39 is 10.8 Å². The van der Waals surface area contributed by atoms with Crippen LogP contribution in [-0.4, -0.2) is 9.96 Å². The van der Waals surface area contributed by atoms with Crippen molar-refractivity contribution < 1.29 is 4.21 Å². The minimum absolute atomic E-state index is 0.691. The molecule has 0 saturated carbocycles. The summed E-state index contributed by atoms with van der Waals surface area (Å²) in [6.07, 6.45) is 2.09. The van der Waals surface area contributed by atoms with E-state index in [1.165, 1.54) is 0 Å². The molecule has 0 aromatic heterocycles. The van der Waals surface area contributed by atoms with E-state index in [2.05, 4.69) is 6.92 Å². The van der Waals surface area contributed by atoms with E-state index >= 15 is 0 Å². The molecule has 0 aliphatic heterocycles. The van der Waals surface area contributed by atoms with Crippen LogP contribution in [0.4, 0.5) is 0 Å². The third kappa shape index (κ3) is 3.49. The number of halogens is 1. The van der Waals surface area contributed by atoms with Crippen LogP contribution in [0.3, 0.4) is 0 Å². The topological polar surface area (TPSA) is 17.1 Å². The number of rotatable bonds is 4. The van der Waals surface area contributed by atoms with Crippen molar-refractivity contribution in [1.82, 2.24) is 0 Å². The molecule has 0 N–H and O–H groups in total. The molecule has 3 heteroatoms. The van der Waals surface area contributed by atoms with Gasteiger partial charge in [-0.25, -0.2) is 0 Å². The first kappa shape index (κ1) is 10.7. The van der Waals surface area contributed by atoms with Gasteiger partial charge in [0.25, 0.3) is 0 Å². The van der Waals surface area contributed by atoms with Crippen LogP contribution in [0.2, 0.25) is 5.02 Å². The standard InChI is InChI=1S/C10H13ClOS/c1-2-3-8-13(12)10-6-4-9(11)5-7-10/h4-7H,2-3,8H2,1H3. The molecule has 0 amide bonds. The van der Waals surface area contributed by atoms with Gasteiger partial charge in [-0.1, -0.05) is 24.9 Å². The molecule has 0 radical (unpaired) electrons. The largest absolute Gasteiger partial charge is 0.254 e. The molecule has 1 nitrogen and oxygen atoms in total. The first-order valence-corrected chi connectivity index (χ1v) is 6.07. The molecule has 1 atom stereocenters. The average molecular weight is 217 g/mol. The van der Waals surface area contributed by atoms with E-state index in [4.69, 9.17) is 11.6 Å². The third-order valence-corrected chi connectivity index (χ3v) is 3.47. The highest BCUT2D eigenvalue weighted by molar-refractivity contribution is 7.85. The van der Waals surface area contributed by atoms with Crippen LogP contribution in [0.1, 0.15) is 19.8 Å². The molecule has 0 saturated heterocycles. The third-order valence-electron chi connectivity index (χ3n) is 1.76. The van der Waals surface area contributed by atoms with Gasteiger partial charge in [-0.15, -0.1) is 0 Å². The fourth-order valence-electron chi connectivity index (χ4n) is 0.980. The Labute approximate surface area is 86.6 Å². The summed E-state index contributed by atoms with van der Waals surface area (Å²) < 4.78 is 11.6. The monoisotopic (exact) mass is 216 g/mol. The lowest BCUT2D eigenvalue weighted by Gasteiger charge is -2.00. The minimum atomic E-state index is -0.850. The number of hydrogen-bond acceptors (Lipinski definition) is 1. The van der Waals surface area contributed by atoms with Gasteiger partial charge >= 0.3 is 0 Å². The molecule has 1 rings (SSSR count). The maximum absolute atomic E-state index is 11.6. The van der Waals surface area contributed by atoms with Crippen molar-refractivity contribution in [2.24, 2.45) is 0 Å². The molecule has 1 aromatic rings. The van der Waals surface area contributed by atoms with Crippen LogP contribution < -0.4 is 0 Å². The Kier molecular flexibility index (Phi) is 4.46. The second-order valence-electron chi connectivity index (χ2n) is 2.86.